The highest BCUT2D eigenvalue weighted by atomic mass is 16.2. The Balaban J connectivity index is 1.73. The molecule has 120 valence electrons. The molecule has 1 aromatic heterocycles. The molecule has 1 N–H and O–H groups in total. The van der Waals surface area contributed by atoms with Crippen LogP contribution in [0.3, 0.4) is 0 Å². The SMILES string of the molecule is CC(C)CCNc1cc(C(=O)N2CCc3ccccc32)ncn1. The van der Waals surface area contributed by atoms with Crippen LogP contribution in [0.4, 0.5) is 11.5 Å². The molecule has 2 heterocycles. The molecular weight excluding hydrogens is 288 g/mol. The maximum absolute atomic E-state index is 12.8. The van der Waals surface area contributed by atoms with Crippen molar-refractivity contribution in [2.75, 3.05) is 23.3 Å². The summed E-state index contributed by atoms with van der Waals surface area (Å²) in [6, 6.07) is 9.77. The van der Waals surface area contributed by atoms with Crippen molar-refractivity contribution in [1.82, 2.24) is 9.97 Å². The lowest BCUT2D eigenvalue weighted by molar-refractivity contribution is 0.0984. The lowest BCUT2D eigenvalue weighted by atomic mass is 10.1. The fourth-order valence-corrected chi connectivity index (χ4v) is 2.75. The summed E-state index contributed by atoms with van der Waals surface area (Å²) in [7, 11) is 0. The Labute approximate surface area is 136 Å². The molecule has 0 fully saturated rings. The normalized spacial score (nSPS) is 13.3. The van der Waals surface area contributed by atoms with Crippen LogP contribution < -0.4 is 10.2 Å². The topological polar surface area (TPSA) is 58.1 Å². The van der Waals surface area contributed by atoms with Gasteiger partial charge in [-0.25, -0.2) is 9.97 Å². The van der Waals surface area contributed by atoms with Gasteiger partial charge in [0.15, 0.2) is 0 Å². The zero-order valence-corrected chi connectivity index (χ0v) is 13.6. The molecular formula is C18H22N4O. The molecule has 5 nitrogen and oxygen atoms in total. The number of fused-ring (bicyclic) bond motifs is 1. The number of carbonyl (C=O) groups is 1. The number of nitrogens with one attached hydrogen (secondary N) is 1. The molecule has 3 rings (SSSR count). The second kappa shape index (κ2) is 6.77. The van der Waals surface area contributed by atoms with Gasteiger partial charge in [-0.05, 0) is 30.4 Å². The Bertz CT molecular complexity index is 699. The highest BCUT2D eigenvalue weighted by Gasteiger charge is 2.26. The van der Waals surface area contributed by atoms with Crippen molar-refractivity contribution < 1.29 is 4.79 Å². The molecule has 0 atom stereocenters. The zero-order valence-electron chi connectivity index (χ0n) is 13.6. The Morgan fingerprint density at radius 2 is 2.13 bits per heavy atom. The summed E-state index contributed by atoms with van der Waals surface area (Å²) in [5.74, 6) is 1.27. The van der Waals surface area contributed by atoms with Gasteiger partial charge in [0.25, 0.3) is 5.91 Å². The summed E-state index contributed by atoms with van der Waals surface area (Å²) in [6.45, 7) is 5.91. The first-order valence-corrected chi connectivity index (χ1v) is 8.11. The number of hydrogen-bond donors (Lipinski definition) is 1. The Hall–Kier alpha value is -2.43. The van der Waals surface area contributed by atoms with Gasteiger partial charge in [-0.3, -0.25) is 4.79 Å². The van der Waals surface area contributed by atoms with Crippen molar-refractivity contribution in [2.45, 2.75) is 26.7 Å². The maximum atomic E-state index is 12.8. The Morgan fingerprint density at radius 1 is 1.30 bits per heavy atom. The summed E-state index contributed by atoms with van der Waals surface area (Å²) in [5.41, 5.74) is 2.64. The summed E-state index contributed by atoms with van der Waals surface area (Å²) in [4.78, 5) is 22.9. The van der Waals surface area contributed by atoms with E-state index in [4.69, 9.17) is 0 Å². The second-order valence-electron chi connectivity index (χ2n) is 6.23. The van der Waals surface area contributed by atoms with E-state index in [0.29, 0.717) is 24.0 Å². The van der Waals surface area contributed by atoms with Gasteiger partial charge in [-0.1, -0.05) is 32.0 Å². The van der Waals surface area contributed by atoms with Crippen molar-refractivity contribution in [3.63, 3.8) is 0 Å². The number of nitrogens with zero attached hydrogens (tertiary/aromatic N) is 3. The van der Waals surface area contributed by atoms with Crippen molar-refractivity contribution >= 4 is 17.4 Å². The molecule has 0 unspecified atom stereocenters. The first-order valence-electron chi connectivity index (χ1n) is 8.11. The summed E-state index contributed by atoms with van der Waals surface area (Å²) < 4.78 is 0. The van der Waals surface area contributed by atoms with Gasteiger partial charge >= 0.3 is 0 Å². The molecule has 5 heteroatoms. The van der Waals surface area contributed by atoms with Crippen LogP contribution >= 0.6 is 0 Å². The maximum Gasteiger partial charge on any atom is 0.277 e. The average Bonchev–Trinajstić information content (AvgIpc) is 2.98. The minimum atomic E-state index is -0.0655. The molecule has 1 aliphatic heterocycles. The summed E-state index contributed by atoms with van der Waals surface area (Å²) >= 11 is 0. The van der Waals surface area contributed by atoms with E-state index in [0.717, 1.165) is 25.1 Å². The van der Waals surface area contributed by atoms with Crippen LogP contribution in [-0.2, 0) is 6.42 Å². The van der Waals surface area contributed by atoms with Gasteiger partial charge in [0, 0.05) is 24.8 Å². The predicted octanol–water partition coefficient (Wildman–Crippen LogP) is 3.14. The third-order valence-corrected chi connectivity index (χ3v) is 4.05. The van der Waals surface area contributed by atoms with E-state index in [1.54, 1.807) is 11.0 Å². The molecule has 1 aliphatic rings. The molecule has 0 bridgehead atoms. The molecule has 0 saturated heterocycles. The van der Waals surface area contributed by atoms with Gasteiger partial charge in [-0.2, -0.15) is 0 Å². The molecule has 0 spiro atoms. The third kappa shape index (κ3) is 3.50. The van der Waals surface area contributed by atoms with Crippen molar-refractivity contribution in [2.24, 2.45) is 5.92 Å². The molecule has 1 aromatic carbocycles. The van der Waals surface area contributed by atoms with Crippen LogP contribution in [0, 0.1) is 5.92 Å². The van der Waals surface area contributed by atoms with E-state index < -0.39 is 0 Å². The van der Waals surface area contributed by atoms with Gasteiger partial charge < -0.3 is 10.2 Å². The van der Waals surface area contributed by atoms with E-state index in [9.17, 15) is 4.79 Å². The summed E-state index contributed by atoms with van der Waals surface area (Å²) in [5, 5.41) is 3.26. The first kappa shape index (κ1) is 15.5. The van der Waals surface area contributed by atoms with Crippen LogP contribution in [0.25, 0.3) is 0 Å². The molecule has 0 radical (unpaired) electrons. The lowest BCUT2D eigenvalue weighted by Gasteiger charge is -2.17. The molecule has 0 aliphatic carbocycles. The minimum Gasteiger partial charge on any atom is -0.370 e. The summed E-state index contributed by atoms with van der Waals surface area (Å²) in [6.07, 6.45) is 3.41. The highest BCUT2D eigenvalue weighted by Crippen LogP contribution is 2.28. The number of anilines is 2. The van der Waals surface area contributed by atoms with Gasteiger partial charge in [0.1, 0.15) is 17.8 Å². The number of carbonyl (C=O) groups excluding carboxylic acids is 1. The molecule has 2 aromatic rings. The Morgan fingerprint density at radius 3 is 2.96 bits per heavy atom. The van der Waals surface area contributed by atoms with Crippen LogP contribution in [0.15, 0.2) is 36.7 Å². The minimum absolute atomic E-state index is 0.0655. The van der Waals surface area contributed by atoms with Crippen molar-refractivity contribution in [3.8, 4) is 0 Å². The van der Waals surface area contributed by atoms with Crippen molar-refractivity contribution in [3.05, 3.63) is 47.9 Å². The van der Waals surface area contributed by atoms with Crippen molar-refractivity contribution in [1.29, 1.82) is 0 Å². The first-order chi connectivity index (χ1) is 11.1. The molecule has 23 heavy (non-hydrogen) atoms. The standard InChI is InChI=1S/C18H22N4O/c1-13(2)7-9-19-17-11-15(20-12-21-17)18(23)22-10-8-14-5-3-4-6-16(14)22/h3-6,11-13H,7-10H2,1-2H3,(H,19,20,21). The molecule has 0 saturated carbocycles. The number of hydrogen-bond acceptors (Lipinski definition) is 4. The van der Waals surface area contributed by atoms with Gasteiger partial charge in [0.2, 0.25) is 0 Å². The van der Waals surface area contributed by atoms with E-state index in [1.807, 2.05) is 18.2 Å². The number of para-hydroxylation sites is 1. The van der Waals surface area contributed by atoms with Crippen LogP contribution in [0.1, 0.15) is 36.3 Å². The quantitative estimate of drug-likeness (QED) is 0.922. The largest absolute Gasteiger partial charge is 0.370 e. The van der Waals surface area contributed by atoms with E-state index in [-0.39, 0.29) is 5.91 Å². The van der Waals surface area contributed by atoms with Crippen LogP contribution in [0.2, 0.25) is 0 Å². The fourth-order valence-electron chi connectivity index (χ4n) is 2.75. The number of aromatic nitrogens is 2. The average molecular weight is 310 g/mol. The van der Waals surface area contributed by atoms with Gasteiger partial charge in [0.05, 0.1) is 0 Å². The van der Waals surface area contributed by atoms with E-state index in [2.05, 4.69) is 35.2 Å². The highest BCUT2D eigenvalue weighted by molar-refractivity contribution is 6.06. The van der Waals surface area contributed by atoms with E-state index >= 15 is 0 Å². The monoisotopic (exact) mass is 310 g/mol. The Kier molecular flexibility index (Phi) is 4.55. The van der Waals surface area contributed by atoms with E-state index in [1.165, 1.54) is 11.9 Å². The second-order valence-corrected chi connectivity index (χ2v) is 6.23. The van der Waals surface area contributed by atoms with Gasteiger partial charge in [-0.15, -0.1) is 0 Å². The lowest BCUT2D eigenvalue weighted by Crippen LogP contribution is -2.29. The third-order valence-electron chi connectivity index (χ3n) is 4.05. The fraction of sp³-hybridized carbons (Fsp3) is 0.389. The van der Waals surface area contributed by atoms with Crippen LogP contribution in [0.5, 0.6) is 0 Å². The molecule has 1 amide bonds. The number of benzene rings is 1. The smallest absolute Gasteiger partial charge is 0.277 e. The van der Waals surface area contributed by atoms with Crippen LogP contribution in [-0.4, -0.2) is 29.0 Å². The zero-order chi connectivity index (χ0) is 16.2. The number of rotatable bonds is 5. The number of amides is 1. The predicted molar refractivity (Wildman–Crippen MR) is 91.8 cm³/mol.